The minimum atomic E-state index is -0.653. The summed E-state index contributed by atoms with van der Waals surface area (Å²) >= 11 is 0. The van der Waals surface area contributed by atoms with Crippen LogP contribution in [-0.4, -0.2) is 17.6 Å². The monoisotopic (exact) mass is 387 g/mol. The predicted octanol–water partition coefficient (Wildman–Crippen LogP) is 6.85. The van der Waals surface area contributed by atoms with E-state index in [1.165, 1.54) is 50.5 Å². The molecule has 1 aromatic carbocycles. The van der Waals surface area contributed by atoms with Crippen molar-refractivity contribution < 1.29 is 13.9 Å². The number of carbonyl (C=O) groups excluding carboxylic acids is 1. The predicted molar refractivity (Wildman–Crippen MR) is 113 cm³/mol. The zero-order chi connectivity index (χ0) is 20.4. The number of ether oxygens (including phenoxy) is 1. The number of halogens is 1. The summed E-state index contributed by atoms with van der Waals surface area (Å²) in [4.78, 5) is 14.6. The molecule has 0 aliphatic rings. The van der Waals surface area contributed by atoms with E-state index < -0.39 is 11.8 Å². The van der Waals surface area contributed by atoms with Crippen molar-refractivity contribution in [2.45, 2.75) is 78.6 Å². The van der Waals surface area contributed by atoms with Crippen molar-refractivity contribution >= 4 is 5.97 Å². The van der Waals surface area contributed by atoms with Crippen LogP contribution >= 0.6 is 0 Å². The summed E-state index contributed by atoms with van der Waals surface area (Å²) in [6.07, 6.45) is 12.5. The van der Waals surface area contributed by atoms with Gasteiger partial charge in [0.15, 0.2) is 11.5 Å². The summed E-state index contributed by atoms with van der Waals surface area (Å²) < 4.78 is 19.7. The lowest BCUT2D eigenvalue weighted by molar-refractivity contribution is 0.0515. The molecule has 2 aromatic rings. The van der Waals surface area contributed by atoms with Gasteiger partial charge in [0.2, 0.25) is 0 Å². The lowest BCUT2D eigenvalue weighted by Gasteiger charge is -2.10. The second kappa shape index (κ2) is 11.7. The molecule has 3 nitrogen and oxygen atoms in total. The highest BCUT2D eigenvalue weighted by molar-refractivity contribution is 5.90. The summed E-state index contributed by atoms with van der Waals surface area (Å²) in [6.45, 7) is 6.25. The van der Waals surface area contributed by atoms with Crippen molar-refractivity contribution in [3.63, 3.8) is 0 Å². The molecule has 0 fully saturated rings. The molecule has 28 heavy (non-hydrogen) atoms. The van der Waals surface area contributed by atoms with E-state index in [1.54, 1.807) is 13.1 Å². The first-order valence-electron chi connectivity index (χ1n) is 10.8. The highest BCUT2D eigenvalue weighted by atomic mass is 19.1. The van der Waals surface area contributed by atoms with Gasteiger partial charge in [0.05, 0.1) is 6.61 Å². The van der Waals surface area contributed by atoms with Gasteiger partial charge in [-0.1, -0.05) is 70.6 Å². The molecule has 4 heteroatoms. The first-order chi connectivity index (χ1) is 13.6. The maximum Gasteiger partial charge on any atom is 0.357 e. The SMILES string of the molecule is CCCCCCCCCc1ccc(-c2c[nH]c(C(=O)OCC)c2F)c(CC)c1. The van der Waals surface area contributed by atoms with Crippen LogP contribution in [0.3, 0.4) is 0 Å². The Hall–Kier alpha value is -2.10. The van der Waals surface area contributed by atoms with Crippen molar-refractivity contribution in [1.82, 2.24) is 4.98 Å². The molecule has 0 spiro atoms. The standard InChI is InChI=1S/C24H34FNO2/c1-4-7-8-9-10-11-12-13-18-14-15-20(19(5-2)16-18)21-17-26-23(22(21)25)24(27)28-6-3/h14-17,26H,4-13H2,1-3H3. The minimum Gasteiger partial charge on any atom is -0.461 e. The number of esters is 1. The molecule has 0 atom stereocenters. The highest BCUT2D eigenvalue weighted by Gasteiger charge is 2.21. The Labute approximate surface area is 168 Å². The maximum absolute atomic E-state index is 14.8. The maximum atomic E-state index is 14.8. The first kappa shape index (κ1) is 22.2. The zero-order valence-electron chi connectivity index (χ0n) is 17.6. The molecule has 0 aliphatic carbocycles. The fourth-order valence-electron chi connectivity index (χ4n) is 3.60. The van der Waals surface area contributed by atoms with E-state index in [-0.39, 0.29) is 12.3 Å². The van der Waals surface area contributed by atoms with E-state index in [0.717, 1.165) is 24.0 Å². The van der Waals surface area contributed by atoms with Gasteiger partial charge in [0.1, 0.15) is 0 Å². The van der Waals surface area contributed by atoms with Gasteiger partial charge in [-0.15, -0.1) is 0 Å². The van der Waals surface area contributed by atoms with E-state index in [9.17, 15) is 9.18 Å². The summed E-state index contributed by atoms with van der Waals surface area (Å²) in [5.74, 6) is -1.19. The topological polar surface area (TPSA) is 42.1 Å². The molecule has 0 saturated heterocycles. The molecule has 0 unspecified atom stereocenters. The normalized spacial score (nSPS) is 11.0. The molecule has 154 valence electrons. The Morgan fingerprint density at radius 3 is 2.39 bits per heavy atom. The van der Waals surface area contributed by atoms with E-state index in [1.807, 2.05) is 6.07 Å². The number of unbranched alkanes of at least 4 members (excludes halogenated alkanes) is 6. The number of aromatic nitrogens is 1. The molecule has 0 saturated carbocycles. The van der Waals surface area contributed by atoms with Crippen molar-refractivity contribution in [1.29, 1.82) is 0 Å². The average molecular weight is 388 g/mol. The van der Waals surface area contributed by atoms with Gasteiger partial charge in [0.25, 0.3) is 0 Å². The van der Waals surface area contributed by atoms with Gasteiger partial charge in [-0.05, 0) is 42.9 Å². The summed E-state index contributed by atoms with van der Waals surface area (Å²) in [6, 6.07) is 6.25. The summed E-state index contributed by atoms with van der Waals surface area (Å²) in [5, 5.41) is 0. The van der Waals surface area contributed by atoms with E-state index >= 15 is 0 Å². The molecule has 2 rings (SSSR count). The Balaban J connectivity index is 2.02. The van der Waals surface area contributed by atoms with Gasteiger partial charge >= 0.3 is 5.97 Å². The Morgan fingerprint density at radius 1 is 1.00 bits per heavy atom. The van der Waals surface area contributed by atoms with E-state index in [4.69, 9.17) is 4.74 Å². The number of rotatable bonds is 12. The second-order valence-electron chi connectivity index (χ2n) is 7.33. The molecule has 1 aromatic heterocycles. The van der Waals surface area contributed by atoms with E-state index in [0.29, 0.717) is 5.56 Å². The van der Waals surface area contributed by atoms with Gasteiger partial charge in [-0.2, -0.15) is 0 Å². The van der Waals surface area contributed by atoms with Crippen LogP contribution in [0.25, 0.3) is 11.1 Å². The second-order valence-corrected chi connectivity index (χ2v) is 7.33. The average Bonchev–Trinajstić information content (AvgIpc) is 3.08. The van der Waals surface area contributed by atoms with Crippen LogP contribution in [-0.2, 0) is 17.6 Å². The molecular weight excluding hydrogens is 353 g/mol. The molecular formula is C24H34FNO2. The Kier molecular flexibility index (Phi) is 9.26. The zero-order valence-corrected chi connectivity index (χ0v) is 17.6. The molecule has 0 bridgehead atoms. The van der Waals surface area contributed by atoms with Crippen molar-refractivity contribution in [2.24, 2.45) is 0 Å². The van der Waals surface area contributed by atoms with Crippen LogP contribution in [0.5, 0.6) is 0 Å². The van der Waals surface area contributed by atoms with Gasteiger partial charge in [-0.25, -0.2) is 9.18 Å². The number of hydrogen-bond acceptors (Lipinski definition) is 2. The minimum absolute atomic E-state index is 0.106. The van der Waals surface area contributed by atoms with Crippen molar-refractivity contribution in [3.8, 4) is 11.1 Å². The quantitative estimate of drug-likeness (QED) is 0.319. The van der Waals surface area contributed by atoms with E-state index in [2.05, 4.69) is 31.0 Å². The van der Waals surface area contributed by atoms with Crippen LogP contribution in [0, 0.1) is 5.82 Å². The number of aryl methyl sites for hydroxylation is 2. The lowest BCUT2D eigenvalue weighted by atomic mass is 9.95. The molecule has 0 radical (unpaired) electrons. The number of benzene rings is 1. The summed E-state index contributed by atoms with van der Waals surface area (Å²) in [5.41, 5.74) is 3.58. The Bertz CT molecular complexity index is 751. The van der Waals surface area contributed by atoms with Crippen LogP contribution in [0.1, 0.15) is 87.3 Å². The third-order valence-electron chi connectivity index (χ3n) is 5.21. The lowest BCUT2D eigenvalue weighted by Crippen LogP contribution is -2.07. The number of hydrogen-bond donors (Lipinski definition) is 1. The smallest absolute Gasteiger partial charge is 0.357 e. The molecule has 0 amide bonds. The third-order valence-corrected chi connectivity index (χ3v) is 5.21. The number of nitrogens with one attached hydrogen (secondary N) is 1. The number of aromatic amines is 1. The van der Waals surface area contributed by atoms with Gasteiger partial charge < -0.3 is 9.72 Å². The summed E-state index contributed by atoms with van der Waals surface area (Å²) in [7, 11) is 0. The van der Waals surface area contributed by atoms with Crippen LogP contribution in [0.2, 0.25) is 0 Å². The Morgan fingerprint density at radius 2 is 1.71 bits per heavy atom. The molecule has 1 N–H and O–H groups in total. The molecule has 0 aliphatic heterocycles. The number of H-pyrrole nitrogens is 1. The highest BCUT2D eigenvalue weighted by Crippen LogP contribution is 2.30. The van der Waals surface area contributed by atoms with Crippen LogP contribution in [0.15, 0.2) is 24.4 Å². The fourth-order valence-corrected chi connectivity index (χ4v) is 3.60. The fraction of sp³-hybridized carbons (Fsp3) is 0.542. The van der Waals surface area contributed by atoms with Crippen molar-refractivity contribution in [3.05, 3.63) is 47.0 Å². The van der Waals surface area contributed by atoms with Gasteiger partial charge in [-0.3, -0.25) is 0 Å². The number of carbonyl (C=O) groups is 1. The van der Waals surface area contributed by atoms with Gasteiger partial charge in [0, 0.05) is 11.8 Å². The largest absolute Gasteiger partial charge is 0.461 e. The van der Waals surface area contributed by atoms with Crippen LogP contribution in [0.4, 0.5) is 4.39 Å². The van der Waals surface area contributed by atoms with Crippen molar-refractivity contribution in [2.75, 3.05) is 6.61 Å². The first-order valence-corrected chi connectivity index (χ1v) is 10.8. The van der Waals surface area contributed by atoms with Crippen LogP contribution < -0.4 is 0 Å². The third kappa shape index (κ3) is 5.95. The molecule has 1 heterocycles.